The lowest BCUT2D eigenvalue weighted by Crippen LogP contribution is -2.43. The second kappa shape index (κ2) is 6.85. The van der Waals surface area contributed by atoms with Gasteiger partial charge in [-0.1, -0.05) is 12.1 Å². The molecule has 0 fully saturated rings. The number of aromatic amines is 1. The van der Waals surface area contributed by atoms with E-state index in [0.717, 1.165) is 11.0 Å². The van der Waals surface area contributed by atoms with Gasteiger partial charge in [0.1, 0.15) is 5.82 Å². The van der Waals surface area contributed by atoms with Gasteiger partial charge >= 0.3 is 5.97 Å². The minimum absolute atomic E-state index is 0.0638. The molecule has 21 heavy (non-hydrogen) atoms. The highest BCUT2D eigenvalue weighted by Crippen LogP contribution is 2.11. The molecule has 1 aromatic carbocycles. The second-order valence-electron chi connectivity index (χ2n) is 4.61. The van der Waals surface area contributed by atoms with Crippen molar-refractivity contribution in [1.82, 2.24) is 15.3 Å². The fraction of sp³-hybridized carbons (Fsp3) is 0.357. The number of hydrogen-bond acceptors (Lipinski definition) is 4. The highest BCUT2D eigenvalue weighted by molar-refractivity contribution is 5.83. The number of benzene rings is 1. The van der Waals surface area contributed by atoms with Gasteiger partial charge in [-0.15, -0.1) is 0 Å². The number of aromatic nitrogens is 2. The van der Waals surface area contributed by atoms with E-state index in [9.17, 15) is 9.59 Å². The summed E-state index contributed by atoms with van der Waals surface area (Å²) < 4.78 is 4.75. The van der Waals surface area contributed by atoms with Crippen LogP contribution in [-0.2, 0) is 20.7 Å². The summed E-state index contributed by atoms with van der Waals surface area (Å²) in [5.41, 5.74) is 1.76. The number of aliphatic carboxylic acids is 1. The number of amides is 1. The third-order valence-corrected chi connectivity index (χ3v) is 2.99. The van der Waals surface area contributed by atoms with Crippen molar-refractivity contribution < 1.29 is 19.4 Å². The smallest absolute Gasteiger partial charge is 0.328 e. The average molecular weight is 291 g/mol. The summed E-state index contributed by atoms with van der Waals surface area (Å²) in [6.07, 6.45) is 0.577. The van der Waals surface area contributed by atoms with Crippen molar-refractivity contribution in [3.8, 4) is 0 Å². The quantitative estimate of drug-likeness (QED) is 0.697. The Bertz CT molecular complexity index is 605. The lowest BCUT2D eigenvalue weighted by molar-refractivity contribution is -0.143. The zero-order chi connectivity index (χ0) is 15.2. The Balaban J connectivity index is 1.89. The number of rotatable bonds is 7. The molecule has 0 aliphatic rings. The summed E-state index contributed by atoms with van der Waals surface area (Å²) in [6.45, 7) is -0.0638. The van der Waals surface area contributed by atoms with Gasteiger partial charge in [0.05, 0.1) is 17.6 Å². The summed E-state index contributed by atoms with van der Waals surface area (Å²) >= 11 is 0. The first kappa shape index (κ1) is 15.0. The van der Waals surface area contributed by atoms with Gasteiger partial charge in [-0.3, -0.25) is 4.79 Å². The van der Waals surface area contributed by atoms with Crippen molar-refractivity contribution in [3.05, 3.63) is 30.1 Å². The van der Waals surface area contributed by atoms with Crippen LogP contribution in [0.2, 0.25) is 0 Å². The number of nitrogens with zero attached hydrogens (tertiary/aromatic N) is 1. The van der Waals surface area contributed by atoms with Crippen molar-refractivity contribution >= 4 is 22.9 Å². The minimum atomic E-state index is -1.12. The van der Waals surface area contributed by atoms with Gasteiger partial charge in [-0.05, 0) is 12.1 Å². The maximum absolute atomic E-state index is 11.7. The van der Waals surface area contributed by atoms with Crippen LogP contribution in [0.1, 0.15) is 12.2 Å². The molecular weight excluding hydrogens is 274 g/mol. The molecule has 1 atom stereocenters. The highest BCUT2D eigenvalue weighted by Gasteiger charge is 2.19. The monoisotopic (exact) mass is 291 g/mol. The lowest BCUT2D eigenvalue weighted by Gasteiger charge is -2.12. The van der Waals surface area contributed by atoms with Crippen molar-refractivity contribution in [1.29, 1.82) is 0 Å². The van der Waals surface area contributed by atoms with E-state index in [4.69, 9.17) is 9.84 Å². The molecule has 1 heterocycles. The Labute approximate surface area is 121 Å². The average Bonchev–Trinajstić information content (AvgIpc) is 2.87. The molecule has 3 N–H and O–H groups in total. The first-order chi connectivity index (χ1) is 10.1. The van der Waals surface area contributed by atoms with Gasteiger partial charge in [0, 0.05) is 20.0 Å². The van der Waals surface area contributed by atoms with Crippen molar-refractivity contribution in [2.24, 2.45) is 0 Å². The van der Waals surface area contributed by atoms with E-state index in [1.807, 2.05) is 24.3 Å². The topological polar surface area (TPSA) is 104 Å². The standard InChI is InChI=1S/C14H17N3O4/c1-21-8-11(14(19)20)17-13(18)7-6-12-15-9-4-2-3-5-10(9)16-12/h2-5,11H,6-8H2,1H3,(H,15,16)(H,17,18)(H,19,20). The van der Waals surface area contributed by atoms with Crippen LogP contribution < -0.4 is 5.32 Å². The van der Waals surface area contributed by atoms with Gasteiger partial charge in [-0.2, -0.15) is 0 Å². The molecule has 7 nitrogen and oxygen atoms in total. The summed E-state index contributed by atoms with van der Waals surface area (Å²) in [5.74, 6) is -0.765. The Morgan fingerprint density at radius 3 is 2.86 bits per heavy atom. The number of carbonyl (C=O) groups excluding carboxylic acids is 1. The van der Waals surface area contributed by atoms with E-state index in [0.29, 0.717) is 12.2 Å². The predicted octanol–water partition coefficient (Wildman–Crippen LogP) is 0.711. The van der Waals surface area contributed by atoms with E-state index in [2.05, 4.69) is 15.3 Å². The molecule has 1 amide bonds. The number of carboxylic acids is 1. The molecule has 0 aliphatic heterocycles. The van der Waals surface area contributed by atoms with Crippen LogP contribution in [0.5, 0.6) is 0 Å². The van der Waals surface area contributed by atoms with Crippen LogP contribution in [-0.4, -0.2) is 46.7 Å². The van der Waals surface area contributed by atoms with Crippen LogP contribution in [0.3, 0.4) is 0 Å². The molecule has 2 rings (SSSR count). The van der Waals surface area contributed by atoms with Gasteiger partial charge in [0.25, 0.3) is 0 Å². The zero-order valence-electron chi connectivity index (χ0n) is 11.6. The molecule has 0 saturated heterocycles. The number of H-pyrrole nitrogens is 1. The second-order valence-corrected chi connectivity index (χ2v) is 4.61. The van der Waals surface area contributed by atoms with Crippen molar-refractivity contribution in [2.75, 3.05) is 13.7 Å². The van der Waals surface area contributed by atoms with Gasteiger partial charge < -0.3 is 20.1 Å². The first-order valence-electron chi connectivity index (χ1n) is 6.55. The third kappa shape index (κ3) is 4.03. The van der Waals surface area contributed by atoms with Gasteiger partial charge in [0.2, 0.25) is 5.91 Å². The number of carbonyl (C=O) groups is 2. The number of aryl methyl sites for hydroxylation is 1. The Morgan fingerprint density at radius 1 is 1.43 bits per heavy atom. The third-order valence-electron chi connectivity index (χ3n) is 2.99. The lowest BCUT2D eigenvalue weighted by atomic mass is 10.2. The van der Waals surface area contributed by atoms with Crippen LogP contribution in [0.25, 0.3) is 11.0 Å². The first-order valence-corrected chi connectivity index (χ1v) is 6.55. The molecule has 0 radical (unpaired) electrons. The Hall–Kier alpha value is -2.41. The number of carboxylic acid groups (broad SMARTS) is 1. The van der Waals surface area contributed by atoms with Crippen molar-refractivity contribution in [2.45, 2.75) is 18.9 Å². The number of methoxy groups -OCH3 is 1. The number of hydrogen-bond donors (Lipinski definition) is 3. The molecule has 0 aliphatic carbocycles. The Morgan fingerprint density at radius 2 is 2.19 bits per heavy atom. The van der Waals surface area contributed by atoms with Crippen LogP contribution in [0.4, 0.5) is 0 Å². The van der Waals surface area contributed by atoms with E-state index < -0.39 is 12.0 Å². The summed E-state index contributed by atoms with van der Waals surface area (Å²) in [7, 11) is 1.39. The summed E-state index contributed by atoms with van der Waals surface area (Å²) in [5, 5.41) is 11.3. The summed E-state index contributed by atoms with van der Waals surface area (Å²) in [4.78, 5) is 30.1. The zero-order valence-corrected chi connectivity index (χ0v) is 11.6. The maximum Gasteiger partial charge on any atom is 0.328 e. The highest BCUT2D eigenvalue weighted by atomic mass is 16.5. The van der Waals surface area contributed by atoms with E-state index in [-0.39, 0.29) is 18.9 Å². The molecule has 2 aromatic rings. The fourth-order valence-corrected chi connectivity index (χ4v) is 1.96. The van der Waals surface area contributed by atoms with E-state index in [1.54, 1.807) is 0 Å². The van der Waals surface area contributed by atoms with Crippen molar-refractivity contribution in [3.63, 3.8) is 0 Å². The summed E-state index contributed by atoms with van der Waals surface area (Å²) in [6, 6.07) is 6.55. The number of ether oxygens (including phenoxy) is 1. The molecule has 112 valence electrons. The molecule has 0 saturated carbocycles. The SMILES string of the molecule is COCC(NC(=O)CCc1nc2ccccc2[nH]1)C(=O)O. The molecule has 7 heteroatoms. The number of fused-ring (bicyclic) bond motifs is 1. The fourth-order valence-electron chi connectivity index (χ4n) is 1.96. The molecule has 0 bridgehead atoms. The maximum atomic E-state index is 11.7. The molecule has 0 spiro atoms. The number of nitrogens with one attached hydrogen (secondary N) is 2. The van der Waals surface area contributed by atoms with Crippen LogP contribution >= 0.6 is 0 Å². The minimum Gasteiger partial charge on any atom is -0.480 e. The van der Waals surface area contributed by atoms with Gasteiger partial charge in [-0.25, -0.2) is 9.78 Å². The molecular formula is C14H17N3O4. The largest absolute Gasteiger partial charge is 0.480 e. The van der Waals surface area contributed by atoms with Crippen LogP contribution in [0, 0.1) is 0 Å². The molecule has 1 aromatic heterocycles. The predicted molar refractivity (Wildman–Crippen MR) is 75.9 cm³/mol. The van der Waals surface area contributed by atoms with Crippen LogP contribution in [0.15, 0.2) is 24.3 Å². The van der Waals surface area contributed by atoms with E-state index in [1.165, 1.54) is 7.11 Å². The molecule has 1 unspecified atom stereocenters. The van der Waals surface area contributed by atoms with E-state index >= 15 is 0 Å². The Kier molecular flexibility index (Phi) is 4.89. The number of imidazole rings is 1. The normalized spacial score (nSPS) is 12.2. The van der Waals surface area contributed by atoms with Gasteiger partial charge in [0.15, 0.2) is 6.04 Å². The number of para-hydroxylation sites is 2.